The molecular weight excluding hydrogens is 505 g/mol. The van der Waals surface area contributed by atoms with Crippen LogP contribution in [0.1, 0.15) is 27.7 Å². The van der Waals surface area contributed by atoms with Gasteiger partial charge in [0.25, 0.3) is 5.91 Å². The van der Waals surface area contributed by atoms with Gasteiger partial charge in [0, 0.05) is 43.6 Å². The number of hydrogen-bond donors (Lipinski definition) is 2. The van der Waals surface area contributed by atoms with E-state index in [2.05, 4.69) is 40.2 Å². The number of hydrogen-bond acceptors (Lipinski definition) is 6. The van der Waals surface area contributed by atoms with Crippen LogP contribution in [0.4, 0.5) is 24.5 Å². The number of halogens is 3. The Morgan fingerprint density at radius 2 is 1.76 bits per heavy atom. The lowest BCUT2D eigenvalue weighted by Crippen LogP contribution is -2.51. The SMILES string of the molecule is CC1CN(Cc2ccc(C#N)cc2)CCN1c1ccc(NC(=O)c2cccs2)cc1.O=C(O)C(F)(F)F. The van der Waals surface area contributed by atoms with Crippen molar-refractivity contribution in [2.75, 3.05) is 29.9 Å². The van der Waals surface area contributed by atoms with E-state index in [0.717, 1.165) is 31.9 Å². The average molecular weight is 531 g/mol. The maximum atomic E-state index is 12.2. The second-order valence-electron chi connectivity index (χ2n) is 8.37. The minimum absolute atomic E-state index is 0.0671. The molecule has 37 heavy (non-hydrogen) atoms. The molecule has 0 spiro atoms. The third kappa shape index (κ3) is 8.06. The van der Waals surface area contributed by atoms with Crippen LogP contribution < -0.4 is 10.2 Å². The third-order valence-corrected chi connectivity index (χ3v) is 6.51. The second kappa shape index (κ2) is 12.4. The number of thiophene rings is 1. The Morgan fingerprint density at radius 1 is 1.11 bits per heavy atom. The standard InChI is InChI=1S/C24H24N4OS.C2HF3O2/c1-18-16-27(17-20-6-4-19(15-25)5-7-20)12-13-28(18)22-10-8-21(9-11-22)26-24(29)23-3-2-14-30-23;3-2(4,5)1(6)7/h2-11,14,18H,12-13,16-17H2,1H3,(H,26,29);(H,6,7). The summed E-state index contributed by atoms with van der Waals surface area (Å²) in [6.45, 7) is 6.07. The predicted octanol–water partition coefficient (Wildman–Crippen LogP) is 5.22. The number of benzene rings is 2. The predicted molar refractivity (Wildman–Crippen MR) is 136 cm³/mol. The van der Waals surface area contributed by atoms with E-state index in [0.29, 0.717) is 16.5 Å². The lowest BCUT2D eigenvalue weighted by atomic mass is 10.1. The summed E-state index contributed by atoms with van der Waals surface area (Å²) in [5, 5.41) is 20.9. The minimum atomic E-state index is -5.08. The highest BCUT2D eigenvalue weighted by Crippen LogP contribution is 2.24. The van der Waals surface area contributed by atoms with Crippen molar-refractivity contribution < 1.29 is 27.9 Å². The number of alkyl halides is 3. The number of amides is 1. The van der Waals surface area contributed by atoms with Crippen molar-refractivity contribution in [1.82, 2.24) is 4.90 Å². The monoisotopic (exact) mass is 530 g/mol. The molecule has 0 aliphatic carbocycles. The number of rotatable bonds is 5. The molecule has 194 valence electrons. The summed E-state index contributed by atoms with van der Waals surface area (Å²) in [6, 6.07) is 22.2. The first kappa shape index (κ1) is 27.7. The Labute approximate surface area is 216 Å². The summed E-state index contributed by atoms with van der Waals surface area (Å²) in [7, 11) is 0. The van der Waals surface area contributed by atoms with Gasteiger partial charge in [0.05, 0.1) is 16.5 Å². The largest absolute Gasteiger partial charge is 0.490 e. The topological polar surface area (TPSA) is 96.7 Å². The fourth-order valence-corrected chi connectivity index (χ4v) is 4.46. The van der Waals surface area contributed by atoms with Gasteiger partial charge in [-0.1, -0.05) is 18.2 Å². The zero-order chi connectivity index (χ0) is 27.0. The molecule has 1 saturated heterocycles. The van der Waals surface area contributed by atoms with Gasteiger partial charge < -0.3 is 15.3 Å². The summed E-state index contributed by atoms with van der Waals surface area (Å²) in [5.74, 6) is -2.82. The van der Waals surface area contributed by atoms with E-state index < -0.39 is 12.1 Å². The van der Waals surface area contributed by atoms with Gasteiger partial charge in [-0.25, -0.2) is 4.79 Å². The molecule has 0 bridgehead atoms. The van der Waals surface area contributed by atoms with Crippen molar-refractivity contribution in [3.05, 3.63) is 82.0 Å². The van der Waals surface area contributed by atoms with E-state index >= 15 is 0 Å². The molecule has 4 rings (SSSR count). The van der Waals surface area contributed by atoms with E-state index in [1.54, 1.807) is 0 Å². The van der Waals surface area contributed by atoms with E-state index in [1.807, 2.05) is 53.9 Å². The van der Waals surface area contributed by atoms with Crippen LogP contribution in [0.3, 0.4) is 0 Å². The molecule has 1 amide bonds. The van der Waals surface area contributed by atoms with Crippen LogP contribution in [0, 0.1) is 11.3 Å². The molecular formula is C26H25F3N4O3S. The van der Waals surface area contributed by atoms with Crippen LogP contribution in [0.15, 0.2) is 66.0 Å². The molecule has 7 nitrogen and oxygen atoms in total. The molecule has 1 fully saturated rings. The van der Waals surface area contributed by atoms with Gasteiger partial charge in [0.15, 0.2) is 0 Å². The number of carbonyl (C=O) groups is 2. The number of nitrogens with zero attached hydrogens (tertiary/aromatic N) is 3. The summed E-state index contributed by atoms with van der Waals surface area (Å²) < 4.78 is 31.7. The number of carbonyl (C=O) groups excluding carboxylic acids is 1. The van der Waals surface area contributed by atoms with Crippen LogP contribution in [0.2, 0.25) is 0 Å². The van der Waals surface area contributed by atoms with Gasteiger partial charge in [-0.3, -0.25) is 9.69 Å². The lowest BCUT2D eigenvalue weighted by Gasteiger charge is -2.41. The Bertz CT molecular complexity index is 1220. The molecule has 3 aromatic rings. The first-order valence-electron chi connectivity index (χ1n) is 11.3. The molecule has 2 N–H and O–H groups in total. The number of nitrogens with one attached hydrogen (secondary N) is 1. The lowest BCUT2D eigenvalue weighted by molar-refractivity contribution is -0.192. The van der Waals surface area contributed by atoms with Crippen LogP contribution in [0.5, 0.6) is 0 Å². The smallest absolute Gasteiger partial charge is 0.475 e. The van der Waals surface area contributed by atoms with Crippen molar-refractivity contribution in [2.45, 2.75) is 25.7 Å². The average Bonchev–Trinajstić information content (AvgIpc) is 3.41. The van der Waals surface area contributed by atoms with Crippen molar-refractivity contribution in [3.63, 3.8) is 0 Å². The van der Waals surface area contributed by atoms with E-state index in [1.165, 1.54) is 22.6 Å². The Balaban J connectivity index is 0.000000479. The Kier molecular flexibility index (Phi) is 9.27. The highest BCUT2D eigenvalue weighted by Gasteiger charge is 2.38. The molecule has 2 aromatic carbocycles. The fourth-order valence-electron chi connectivity index (χ4n) is 3.84. The first-order chi connectivity index (χ1) is 17.6. The summed E-state index contributed by atoms with van der Waals surface area (Å²) in [6.07, 6.45) is -5.08. The second-order valence-corrected chi connectivity index (χ2v) is 9.32. The van der Waals surface area contributed by atoms with Gasteiger partial charge in [-0.15, -0.1) is 11.3 Å². The first-order valence-corrected chi connectivity index (χ1v) is 12.2. The molecule has 1 aliphatic rings. The van der Waals surface area contributed by atoms with Crippen LogP contribution in [-0.2, 0) is 11.3 Å². The van der Waals surface area contributed by atoms with Gasteiger partial charge in [-0.2, -0.15) is 18.4 Å². The molecule has 0 saturated carbocycles. The number of aliphatic carboxylic acids is 1. The fraction of sp³-hybridized carbons (Fsp3) is 0.269. The zero-order valence-corrected chi connectivity index (χ0v) is 20.7. The van der Waals surface area contributed by atoms with E-state index in [9.17, 15) is 18.0 Å². The molecule has 1 aliphatic heterocycles. The number of carboxylic acid groups (broad SMARTS) is 1. The maximum absolute atomic E-state index is 12.2. The van der Waals surface area contributed by atoms with Gasteiger partial charge in [0.1, 0.15) is 0 Å². The zero-order valence-electron chi connectivity index (χ0n) is 19.9. The molecule has 2 heterocycles. The molecule has 0 radical (unpaired) electrons. The van der Waals surface area contributed by atoms with Gasteiger partial charge in [-0.05, 0) is 60.3 Å². The Hall–Kier alpha value is -3.88. The quantitative estimate of drug-likeness (QED) is 0.470. The van der Waals surface area contributed by atoms with E-state index in [-0.39, 0.29) is 5.91 Å². The summed E-state index contributed by atoms with van der Waals surface area (Å²) >= 11 is 1.44. The number of piperazine rings is 1. The van der Waals surface area contributed by atoms with Crippen molar-refractivity contribution in [2.24, 2.45) is 0 Å². The number of anilines is 2. The highest BCUT2D eigenvalue weighted by atomic mass is 32.1. The van der Waals surface area contributed by atoms with Crippen LogP contribution in [0.25, 0.3) is 0 Å². The Morgan fingerprint density at radius 3 is 2.27 bits per heavy atom. The van der Waals surface area contributed by atoms with Gasteiger partial charge in [0.2, 0.25) is 0 Å². The maximum Gasteiger partial charge on any atom is 0.490 e. The summed E-state index contributed by atoms with van der Waals surface area (Å²) in [4.78, 5) is 26.7. The van der Waals surface area contributed by atoms with Gasteiger partial charge >= 0.3 is 12.1 Å². The number of carboxylic acids is 1. The van der Waals surface area contributed by atoms with Crippen LogP contribution >= 0.6 is 11.3 Å². The minimum Gasteiger partial charge on any atom is -0.475 e. The summed E-state index contributed by atoms with van der Waals surface area (Å²) in [5.41, 5.74) is 3.92. The highest BCUT2D eigenvalue weighted by molar-refractivity contribution is 7.12. The van der Waals surface area contributed by atoms with Crippen LogP contribution in [-0.4, -0.2) is 53.7 Å². The molecule has 11 heteroatoms. The van der Waals surface area contributed by atoms with Crippen molar-refractivity contribution >= 4 is 34.6 Å². The molecule has 1 atom stereocenters. The number of nitriles is 1. The van der Waals surface area contributed by atoms with E-state index in [4.69, 9.17) is 15.2 Å². The third-order valence-electron chi connectivity index (χ3n) is 5.65. The molecule has 1 aromatic heterocycles. The van der Waals surface area contributed by atoms with Crippen molar-refractivity contribution in [1.29, 1.82) is 5.26 Å². The molecule has 1 unspecified atom stereocenters. The normalized spacial score (nSPS) is 15.8. The van der Waals surface area contributed by atoms with Crippen molar-refractivity contribution in [3.8, 4) is 6.07 Å².